The molecule has 0 spiro atoms. The highest BCUT2D eigenvalue weighted by atomic mass is 16.5. The molecule has 4 rings (SSSR count). The zero-order valence-corrected chi connectivity index (χ0v) is 17.3. The zero-order chi connectivity index (χ0) is 20.4. The van der Waals surface area contributed by atoms with Gasteiger partial charge in [0.05, 0.1) is 25.6 Å². The van der Waals surface area contributed by atoms with Gasteiger partial charge in [-0.25, -0.2) is 0 Å². The number of benzene rings is 3. The molecule has 0 unspecified atom stereocenters. The lowest BCUT2D eigenvalue weighted by molar-refractivity contribution is 0.414. The van der Waals surface area contributed by atoms with Gasteiger partial charge < -0.3 is 9.47 Å². The van der Waals surface area contributed by atoms with Crippen molar-refractivity contribution in [3.05, 3.63) is 78.5 Å². The standard InChI is InChI=1S/C26H25NO2/c1-17(2)25-23-8-6-5-7-22(23)24(18-9-13-20(28-3)14-10-18)26(27-25)19-11-15-21(29-4)16-12-19/h5-17H,1-4H3. The van der Waals surface area contributed by atoms with Crippen molar-refractivity contribution in [3.8, 4) is 33.9 Å². The second kappa shape index (κ2) is 7.96. The fraction of sp³-hybridized carbons (Fsp3) is 0.192. The molecular weight excluding hydrogens is 358 g/mol. The summed E-state index contributed by atoms with van der Waals surface area (Å²) >= 11 is 0. The molecule has 29 heavy (non-hydrogen) atoms. The Morgan fingerprint density at radius 3 is 1.69 bits per heavy atom. The predicted octanol–water partition coefficient (Wildman–Crippen LogP) is 6.71. The minimum absolute atomic E-state index is 0.321. The van der Waals surface area contributed by atoms with Crippen LogP contribution in [0.3, 0.4) is 0 Å². The van der Waals surface area contributed by atoms with Crippen LogP contribution in [0.5, 0.6) is 11.5 Å². The van der Waals surface area contributed by atoms with Crippen LogP contribution in [0.1, 0.15) is 25.5 Å². The van der Waals surface area contributed by atoms with Crippen LogP contribution in [0.2, 0.25) is 0 Å². The Labute approximate surface area is 171 Å². The van der Waals surface area contributed by atoms with Gasteiger partial charge in [0.25, 0.3) is 0 Å². The summed E-state index contributed by atoms with van der Waals surface area (Å²) in [5, 5.41) is 2.41. The third-order valence-corrected chi connectivity index (χ3v) is 5.23. The molecule has 3 aromatic carbocycles. The summed E-state index contributed by atoms with van der Waals surface area (Å²) < 4.78 is 10.7. The molecule has 0 fully saturated rings. The molecule has 0 saturated heterocycles. The Kier molecular flexibility index (Phi) is 5.22. The smallest absolute Gasteiger partial charge is 0.118 e. The SMILES string of the molecule is COc1ccc(-c2nc(C(C)C)c3ccccc3c2-c2ccc(OC)cc2)cc1. The second-order valence-electron chi connectivity index (χ2n) is 7.38. The average Bonchev–Trinajstić information content (AvgIpc) is 2.78. The number of hydrogen-bond acceptors (Lipinski definition) is 3. The number of hydrogen-bond donors (Lipinski definition) is 0. The number of fused-ring (bicyclic) bond motifs is 1. The number of methoxy groups -OCH3 is 2. The van der Waals surface area contributed by atoms with Gasteiger partial charge in [0.15, 0.2) is 0 Å². The number of rotatable bonds is 5. The maximum absolute atomic E-state index is 5.35. The summed E-state index contributed by atoms with van der Waals surface area (Å²) in [6, 6.07) is 24.9. The highest BCUT2D eigenvalue weighted by molar-refractivity contribution is 6.03. The number of aromatic nitrogens is 1. The van der Waals surface area contributed by atoms with Crippen LogP contribution >= 0.6 is 0 Å². The van der Waals surface area contributed by atoms with E-state index in [1.54, 1.807) is 14.2 Å². The van der Waals surface area contributed by atoms with Crippen LogP contribution in [0, 0.1) is 0 Å². The minimum atomic E-state index is 0.321. The maximum Gasteiger partial charge on any atom is 0.118 e. The second-order valence-corrected chi connectivity index (χ2v) is 7.38. The zero-order valence-electron chi connectivity index (χ0n) is 17.3. The molecule has 1 aromatic heterocycles. The van der Waals surface area contributed by atoms with Crippen LogP contribution in [0.15, 0.2) is 72.8 Å². The predicted molar refractivity (Wildman–Crippen MR) is 120 cm³/mol. The van der Waals surface area contributed by atoms with Crippen molar-refractivity contribution in [2.75, 3.05) is 14.2 Å². The van der Waals surface area contributed by atoms with Gasteiger partial charge >= 0.3 is 0 Å². The third-order valence-electron chi connectivity index (χ3n) is 5.23. The van der Waals surface area contributed by atoms with Gasteiger partial charge in [0, 0.05) is 16.5 Å². The van der Waals surface area contributed by atoms with Gasteiger partial charge in [-0.05, 0) is 53.3 Å². The van der Waals surface area contributed by atoms with E-state index in [4.69, 9.17) is 14.5 Å². The summed E-state index contributed by atoms with van der Waals surface area (Å²) in [5.74, 6) is 2.00. The quantitative estimate of drug-likeness (QED) is 0.384. The lowest BCUT2D eigenvalue weighted by Crippen LogP contribution is -2.00. The maximum atomic E-state index is 5.35. The molecular formula is C26H25NO2. The van der Waals surface area contributed by atoms with E-state index in [0.29, 0.717) is 5.92 Å². The Hall–Kier alpha value is -3.33. The number of pyridine rings is 1. The normalized spacial score (nSPS) is 11.1. The number of ether oxygens (including phenoxy) is 2. The van der Waals surface area contributed by atoms with Gasteiger partial charge in [-0.2, -0.15) is 0 Å². The van der Waals surface area contributed by atoms with E-state index >= 15 is 0 Å². The van der Waals surface area contributed by atoms with E-state index in [1.807, 2.05) is 24.3 Å². The monoisotopic (exact) mass is 383 g/mol. The molecule has 0 saturated carbocycles. The Morgan fingerprint density at radius 2 is 1.17 bits per heavy atom. The van der Waals surface area contributed by atoms with E-state index in [1.165, 1.54) is 10.8 Å². The first-order valence-corrected chi connectivity index (χ1v) is 9.84. The summed E-state index contributed by atoms with van der Waals surface area (Å²) in [6.07, 6.45) is 0. The first-order valence-electron chi connectivity index (χ1n) is 9.84. The molecule has 0 N–H and O–H groups in total. The average molecular weight is 383 g/mol. The molecule has 0 bridgehead atoms. The van der Waals surface area contributed by atoms with Crippen LogP contribution in [0.4, 0.5) is 0 Å². The summed E-state index contributed by atoms with van der Waals surface area (Å²) in [4.78, 5) is 5.17. The molecule has 0 radical (unpaired) electrons. The highest BCUT2D eigenvalue weighted by Gasteiger charge is 2.18. The lowest BCUT2D eigenvalue weighted by atomic mass is 9.91. The van der Waals surface area contributed by atoms with E-state index in [0.717, 1.165) is 39.6 Å². The van der Waals surface area contributed by atoms with Crippen molar-refractivity contribution in [1.82, 2.24) is 4.98 Å². The molecule has 0 aliphatic rings. The fourth-order valence-electron chi connectivity index (χ4n) is 3.74. The van der Waals surface area contributed by atoms with E-state index in [2.05, 4.69) is 62.4 Å². The fourth-order valence-corrected chi connectivity index (χ4v) is 3.74. The number of nitrogens with zero attached hydrogens (tertiary/aromatic N) is 1. The third kappa shape index (κ3) is 3.56. The molecule has 3 heteroatoms. The summed E-state index contributed by atoms with van der Waals surface area (Å²) in [6.45, 7) is 4.39. The van der Waals surface area contributed by atoms with E-state index in [-0.39, 0.29) is 0 Å². The minimum Gasteiger partial charge on any atom is -0.497 e. The van der Waals surface area contributed by atoms with Gasteiger partial charge in [-0.15, -0.1) is 0 Å². The van der Waals surface area contributed by atoms with Crippen LogP contribution in [-0.4, -0.2) is 19.2 Å². The van der Waals surface area contributed by atoms with Crippen molar-refractivity contribution in [2.24, 2.45) is 0 Å². The van der Waals surface area contributed by atoms with Crippen molar-refractivity contribution in [3.63, 3.8) is 0 Å². The molecule has 0 aliphatic heterocycles. The largest absolute Gasteiger partial charge is 0.497 e. The van der Waals surface area contributed by atoms with Crippen molar-refractivity contribution in [2.45, 2.75) is 19.8 Å². The van der Waals surface area contributed by atoms with Crippen LogP contribution in [0.25, 0.3) is 33.2 Å². The Balaban J connectivity index is 2.05. The van der Waals surface area contributed by atoms with Gasteiger partial charge in [0.1, 0.15) is 11.5 Å². The molecule has 146 valence electrons. The molecule has 0 aliphatic carbocycles. The van der Waals surface area contributed by atoms with Crippen LogP contribution in [-0.2, 0) is 0 Å². The molecule has 0 amide bonds. The molecule has 1 heterocycles. The van der Waals surface area contributed by atoms with Crippen molar-refractivity contribution < 1.29 is 9.47 Å². The van der Waals surface area contributed by atoms with Gasteiger partial charge in [-0.1, -0.05) is 50.2 Å². The Bertz CT molecular complexity index is 1130. The van der Waals surface area contributed by atoms with Crippen molar-refractivity contribution in [1.29, 1.82) is 0 Å². The first kappa shape index (κ1) is 19.0. The first-order chi connectivity index (χ1) is 14.1. The van der Waals surface area contributed by atoms with E-state index in [9.17, 15) is 0 Å². The van der Waals surface area contributed by atoms with Crippen LogP contribution < -0.4 is 9.47 Å². The van der Waals surface area contributed by atoms with Gasteiger partial charge in [0.2, 0.25) is 0 Å². The van der Waals surface area contributed by atoms with Gasteiger partial charge in [-0.3, -0.25) is 4.98 Å². The summed E-state index contributed by atoms with van der Waals surface area (Å²) in [7, 11) is 3.37. The van der Waals surface area contributed by atoms with Crippen molar-refractivity contribution >= 4 is 10.8 Å². The summed E-state index contributed by atoms with van der Waals surface area (Å²) in [5.41, 5.74) is 5.43. The molecule has 4 aromatic rings. The lowest BCUT2D eigenvalue weighted by Gasteiger charge is -2.18. The topological polar surface area (TPSA) is 31.4 Å². The van der Waals surface area contributed by atoms with E-state index < -0.39 is 0 Å². The Morgan fingerprint density at radius 1 is 0.655 bits per heavy atom. The highest BCUT2D eigenvalue weighted by Crippen LogP contribution is 2.40. The molecule has 3 nitrogen and oxygen atoms in total. The molecule has 0 atom stereocenters.